The molecule has 0 unspecified atom stereocenters. The van der Waals surface area contributed by atoms with Crippen molar-refractivity contribution in [3.8, 4) is 6.07 Å². The Morgan fingerprint density at radius 1 is 1.07 bits per heavy atom. The standard InChI is InChI=1S/C21H19N5O/c1-14-6-3-4-8-17(14)13-23-21-24-15(2)10-19(26-21)20(27)25-18-9-5-7-16(11-18)12-22/h3-11H,13H2,1-2H3,(H,25,27)(H,23,24,26). The lowest BCUT2D eigenvalue weighted by atomic mass is 10.1. The second-order valence-electron chi connectivity index (χ2n) is 6.14. The molecule has 0 aliphatic rings. The van der Waals surface area contributed by atoms with Crippen LogP contribution in [0, 0.1) is 25.2 Å². The van der Waals surface area contributed by atoms with Gasteiger partial charge in [-0.1, -0.05) is 30.3 Å². The highest BCUT2D eigenvalue weighted by atomic mass is 16.1. The third-order valence-corrected chi connectivity index (χ3v) is 4.03. The summed E-state index contributed by atoms with van der Waals surface area (Å²) in [6.45, 7) is 4.43. The Labute approximate surface area is 157 Å². The molecule has 3 rings (SSSR count). The average Bonchev–Trinajstić information content (AvgIpc) is 2.67. The molecular formula is C21H19N5O. The van der Waals surface area contributed by atoms with Gasteiger partial charge >= 0.3 is 0 Å². The minimum Gasteiger partial charge on any atom is -0.350 e. The molecule has 0 atom stereocenters. The Bertz CT molecular complexity index is 1020. The molecule has 134 valence electrons. The van der Waals surface area contributed by atoms with Crippen molar-refractivity contribution in [2.45, 2.75) is 20.4 Å². The van der Waals surface area contributed by atoms with Gasteiger partial charge in [0.05, 0.1) is 11.6 Å². The lowest BCUT2D eigenvalue weighted by Crippen LogP contribution is -2.16. The van der Waals surface area contributed by atoms with Crippen LogP contribution in [0.4, 0.5) is 11.6 Å². The molecule has 0 saturated carbocycles. The molecule has 2 aromatic carbocycles. The number of amides is 1. The number of benzene rings is 2. The van der Waals surface area contributed by atoms with Crippen LogP contribution in [0.3, 0.4) is 0 Å². The fourth-order valence-corrected chi connectivity index (χ4v) is 2.61. The van der Waals surface area contributed by atoms with Crippen molar-refractivity contribution in [1.82, 2.24) is 9.97 Å². The van der Waals surface area contributed by atoms with Gasteiger partial charge in [-0.05, 0) is 49.2 Å². The molecular weight excluding hydrogens is 338 g/mol. The van der Waals surface area contributed by atoms with Gasteiger partial charge in [-0.25, -0.2) is 9.97 Å². The molecule has 0 saturated heterocycles. The normalized spacial score (nSPS) is 10.1. The van der Waals surface area contributed by atoms with Gasteiger partial charge in [0.2, 0.25) is 5.95 Å². The molecule has 1 aromatic heterocycles. The van der Waals surface area contributed by atoms with E-state index in [2.05, 4.69) is 20.6 Å². The highest BCUT2D eigenvalue weighted by Crippen LogP contribution is 2.14. The highest BCUT2D eigenvalue weighted by molar-refractivity contribution is 6.03. The number of nitrogens with one attached hydrogen (secondary N) is 2. The predicted molar refractivity (Wildman–Crippen MR) is 104 cm³/mol. The Kier molecular flexibility index (Phi) is 5.43. The lowest BCUT2D eigenvalue weighted by Gasteiger charge is -2.10. The summed E-state index contributed by atoms with van der Waals surface area (Å²) >= 11 is 0. The van der Waals surface area contributed by atoms with E-state index >= 15 is 0 Å². The number of anilines is 2. The van der Waals surface area contributed by atoms with Crippen LogP contribution in [0.2, 0.25) is 0 Å². The van der Waals surface area contributed by atoms with Gasteiger partial charge < -0.3 is 10.6 Å². The Morgan fingerprint density at radius 3 is 2.67 bits per heavy atom. The highest BCUT2D eigenvalue weighted by Gasteiger charge is 2.11. The first-order valence-electron chi connectivity index (χ1n) is 8.51. The molecule has 0 spiro atoms. The summed E-state index contributed by atoms with van der Waals surface area (Å²) in [6.07, 6.45) is 0. The van der Waals surface area contributed by atoms with Crippen molar-refractivity contribution in [1.29, 1.82) is 5.26 Å². The van der Waals surface area contributed by atoms with Crippen molar-refractivity contribution < 1.29 is 4.79 Å². The molecule has 27 heavy (non-hydrogen) atoms. The third-order valence-electron chi connectivity index (χ3n) is 4.03. The average molecular weight is 357 g/mol. The van der Waals surface area contributed by atoms with E-state index in [1.165, 1.54) is 5.56 Å². The molecule has 3 aromatic rings. The minimum absolute atomic E-state index is 0.261. The second kappa shape index (κ2) is 8.11. The van der Waals surface area contributed by atoms with Crippen LogP contribution < -0.4 is 10.6 Å². The Morgan fingerprint density at radius 2 is 1.89 bits per heavy atom. The fraction of sp³-hybridized carbons (Fsp3) is 0.143. The van der Waals surface area contributed by atoms with Gasteiger partial charge in [0.25, 0.3) is 5.91 Å². The van der Waals surface area contributed by atoms with Crippen molar-refractivity contribution in [3.05, 3.63) is 82.7 Å². The van der Waals surface area contributed by atoms with Gasteiger partial charge in [-0.2, -0.15) is 5.26 Å². The Balaban J connectivity index is 1.75. The largest absolute Gasteiger partial charge is 0.350 e. The van der Waals surface area contributed by atoms with E-state index in [4.69, 9.17) is 5.26 Å². The molecule has 0 aliphatic heterocycles. The molecule has 6 nitrogen and oxygen atoms in total. The van der Waals surface area contributed by atoms with E-state index < -0.39 is 0 Å². The molecule has 0 aliphatic carbocycles. The summed E-state index contributed by atoms with van der Waals surface area (Å²) in [5.74, 6) is 0.0451. The third kappa shape index (κ3) is 4.67. The maximum absolute atomic E-state index is 12.5. The topological polar surface area (TPSA) is 90.7 Å². The van der Waals surface area contributed by atoms with Crippen LogP contribution in [-0.2, 0) is 6.54 Å². The number of hydrogen-bond acceptors (Lipinski definition) is 5. The second-order valence-corrected chi connectivity index (χ2v) is 6.14. The summed E-state index contributed by atoms with van der Waals surface area (Å²) in [5, 5.41) is 14.9. The van der Waals surface area contributed by atoms with Crippen LogP contribution in [0.1, 0.15) is 32.9 Å². The lowest BCUT2D eigenvalue weighted by molar-refractivity contribution is 0.102. The van der Waals surface area contributed by atoms with Crippen molar-refractivity contribution in [2.75, 3.05) is 10.6 Å². The van der Waals surface area contributed by atoms with E-state index in [9.17, 15) is 4.79 Å². The SMILES string of the molecule is Cc1cc(C(=O)Nc2cccc(C#N)c2)nc(NCc2ccccc2C)n1. The van der Waals surface area contributed by atoms with Crippen molar-refractivity contribution in [3.63, 3.8) is 0 Å². The summed E-state index contributed by atoms with van der Waals surface area (Å²) < 4.78 is 0. The number of nitriles is 1. The van der Waals surface area contributed by atoms with Gasteiger partial charge in [0, 0.05) is 17.9 Å². The van der Waals surface area contributed by atoms with E-state index in [1.54, 1.807) is 30.3 Å². The molecule has 1 amide bonds. The van der Waals surface area contributed by atoms with Crippen LogP contribution in [0.25, 0.3) is 0 Å². The van der Waals surface area contributed by atoms with E-state index in [0.717, 1.165) is 5.56 Å². The van der Waals surface area contributed by atoms with Gasteiger partial charge in [0.15, 0.2) is 0 Å². The van der Waals surface area contributed by atoms with Crippen LogP contribution >= 0.6 is 0 Å². The number of rotatable bonds is 5. The zero-order valence-electron chi connectivity index (χ0n) is 15.2. The summed E-state index contributed by atoms with van der Waals surface area (Å²) in [7, 11) is 0. The maximum atomic E-state index is 12.5. The van der Waals surface area contributed by atoms with Crippen LogP contribution in [-0.4, -0.2) is 15.9 Å². The quantitative estimate of drug-likeness (QED) is 0.724. The first-order chi connectivity index (χ1) is 13.0. The molecule has 0 radical (unpaired) electrons. The number of carbonyl (C=O) groups excluding carboxylic acids is 1. The van der Waals surface area contributed by atoms with Gasteiger partial charge in [-0.15, -0.1) is 0 Å². The van der Waals surface area contributed by atoms with Crippen LogP contribution in [0.15, 0.2) is 54.6 Å². The van der Waals surface area contributed by atoms with Gasteiger partial charge in [-0.3, -0.25) is 4.79 Å². The van der Waals surface area contributed by atoms with E-state index in [1.807, 2.05) is 44.2 Å². The molecule has 0 bridgehead atoms. The smallest absolute Gasteiger partial charge is 0.274 e. The number of hydrogen-bond donors (Lipinski definition) is 2. The minimum atomic E-state index is -0.352. The monoisotopic (exact) mass is 357 g/mol. The van der Waals surface area contributed by atoms with E-state index in [0.29, 0.717) is 29.4 Å². The zero-order valence-corrected chi connectivity index (χ0v) is 15.2. The number of aryl methyl sites for hydroxylation is 2. The zero-order chi connectivity index (χ0) is 19.2. The van der Waals surface area contributed by atoms with Gasteiger partial charge in [0.1, 0.15) is 5.69 Å². The van der Waals surface area contributed by atoms with E-state index in [-0.39, 0.29) is 11.6 Å². The number of carbonyl (C=O) groups is 1. The molecule has 1 heterocycles. The first-order valence-corrected chi connectivity index (χ1v) is 8.51. The Hall–Kier alpha value is -3.72. The summed E-state index contributed by atoms with van der Waals surface area (Å²) in [5.41, 5.74) is 4.29. The number of nitrogens with zero attached hydrogens (tertiary/aromatic N) is 3. The fourth-order valence-electron chi connectivity index (χ4n) is 2.61. The maximum Gasteiger partial charge on any atom is 0.274 e. The summed E-state index contributed by atoms with van der Waals surface area (Å²) in [4.78, 5) is 21.2. The summed E-state index contributed by atoms with van der Waals surface area (Å²) in [6, 6.07) is 18.5. The van der Waals surface area contributed by atoms with Crippen LogP contribution in [0.5, 0.6) is 0 Å². The van der Waals surface area contributed by atoms with Crippen molar-refractivity contribution in [2.24, 2.45) is 0 Å². The first kappa shape index (κ1) is 18.1. The molecule has 0 fully saturated rings. The predicted octanol–water partition coefficient (Wildman–Crippen LogP) is 3.83. The number of aromatic nitrogens is 2. The molecule has 6 heteroatoms. The molecule has 2 N–H and O–H groups in total. The van der Waals surface area contributed by atoms with Crippen molar-refractivity contribution >= 4 is 17.5 Å².